The van der Waals surface area contributed by atoms with Gasteiger partial charge in [-0.1, -0.05) is 12.1 Å². The van der Waals surface area contributed by atoms with Crippen molar-refractivity contribution >= 4 is 29.5 Å². The highest BCUT2D eigenvalue weighted by Gasteiger charge is 2.16. The Kier molecular flexibility index (Phi) is 8.46. The van der Waals surface area contributed by atoms with E-state index < -0.39 is 6.09 Å². The monoisotopic (exact) mass is 352 g/mol. The number of amides is 1. The van der Waals surface area contributed by atoms with Gasteiger partial charge in [-0.15, -0.1) is 0 Å². The number of rotatable bonds is 7. The van der Waals surface area contributed by atoms with Gasteiger partial charge in [-0.05, 0) is 44.7 Å². The lowest BCUT2D eigenvalue weighted by Crippen LogP contribution is -2.43. The molecule has 1 rings (SSSR count). The van der Waals surface area contributed by atoms with Crippen molar-refractivity contribution in [3.05, 3.63) is 29.8 Å². The number of anilines is 1. The van der Waals surface area contributed by atoms with Gasteiger partial charge >= 0.3 is 6.09 Å². The van der Waals surface area contributed by atoms with Crippen molar-refractivity contribution in [3.63, 3.8) is 0 Å². The van der Waals surface area contributed by atoms with Crippen molar-refractivity contribution in [1.29, 1.82) is 0 Å². The number of nitrogens with zero attached hydrogens (tertiary/aromatic N) is 1. The SMILES string of the molecule is CCNC(=NCc1ccc(NC(=O)OC)cc1)NCC(C)(C)SC. The maximum absolute atomic E-state index is 11.2. The molecule has 0 aromatic heterocycles. The van der Waals surface area contributed by atoms with E-state index in [1.54, 1.807) is 0 Å². The molecule has 6 nitrogen and oxygen atoms in total. The summed E-state index contributed by atoms with van der Waals surface area (Å²) in [5.74, 6) is 0.802. The molecule has 0 aliphatic carbocycles. The minimum Gasteiger partial charge on any atom is -0.453 e. The molecule has 0 bridgehead atoms. The molecule has 0 fully saturated rings. The maximum atomic E-state index is 11.2. The number of aliphatic imine (C=N–C) groups is 1. The Morgan fingerprint density at radius 2 is 1.92 bits per heavy atom. The normalized spacial score (nSPS) is 11.8. The van der Waals surface area contributed by atoms with Crippen LogP contribution in [0.3, 0.4) is 0 Å². The molecule has 0 saturated heterocycles. The number of carbonyl (C=O) groups is 1. The number of methoxy groups -OCH3 is 1. The molecule has 1 aromatic carbocycles. The predicted octanol–water partition coefficient (Wildman–Crippen LogP) is 3.06. The average Bonchev–Trinajstić information content (AvgIpc) is 2.58. The van der Waals surface area contributed by atoms with E-state index in [4.69, 9.17) is 0 Å². The Balaban J connectivity index is 2.63. The molecule has 0 saturated carbocycles. The lowest BCUT2D eigenvalue weighted by atomic mass is 10.2. The van der Waals surface area contributed by atoms with Gasteiger partial charge < -0.3 is 15.4 Å². The number of hydrogen-bond donors (Lipinski definition) is 3. The van der Waals surface area contributed by atoms with Gasteiger partial charge in [-0.3, -0.25) is 5.32 Å². The summed E-state index contributed by atoms with van der Waals surface area (Å²) in [5.41, 5.74) is 1.76. The Bertz CT molecular complexity index is 544. The highest BCUT2D eigenvalue weighted by molar-refractivity contribution is 7.99. The molecule has 0 aliphatic heterocycles. The summed E-state index contributed by atoms with van der Waals surface area (Å²) >= 11 is 1.82. The predicted molar refractivity (Wildman–Crippen MR) is 103 cm³/mol. The summed E-state index contributed by atoms with van der Waals surface area (Å²) in [6, 6.07) is 7.53. The van der Waals surface area contributed by atoms with Gasteiger partial charge in [0.05, 0.1) is 13.7 Å². The fourth-order valence-electron chi connectivity index (χ4n) is 1.74. The molecule has 1 aromatic rings. The van der Waals surface area contributed by atoms with E-state index in [0.29, 0.717) is 12.2 Å². The molecule has 0 radical (unpaired) electrons. The highest BCUT2D eigenvalue weighted by atomic mass is 32.2. The number of nitrogens with one attached hydrogen (secondary N) is 3. The minimum atomic E-state index is -0.476. The van der Waals surface area contributed by atoms with Crippen LogP contribution >= 0.6 is 11.8 Å². The van der Waals surface area contributed by atoms with Gasteiger partial charge in [-0.25, -0.2) is 9.79 Å². The molecule has 7 heteroatoms. The van der Waals surface area contributed by atoms with Gasteiger partial charge in [-0.2, -0.15) is 11.8 Å². The van der Waals surface area contributed by atoms with E-state index in [0.717, 1.165) is 24.6 Å². The van der Waals surface area contributed by atoms with Crippen molar-refractivity contribution in [2.75, 3.05) is 31.8 Å². The first kappa shape index (κ1) is 20.2. The molecule has 24 heavy (non-hydrogen) atoms. The van der Waals surface area contributed by atoms with E-state index in [-0.39, 0.29) is 4.75 Å². The van der Waals surface area contributed by atoms with Crippen LogP contribution in [-0.4, -0.2) is 43.3 Å². The first-order valence-corrected chi connectivity index (χ1v) is 9.14. The van der Waals surface area contributed by atoms with Gasteiger partial charge in [0.25, 0.3) is 0 Å². The van der Waals surface area contributed by atoms with Crippen LogP contribution in [0.5, 0.6) is 0 Å². The number of hydrogen-bond acceptors (Lipinski definition) is 4. The zero-order valence-corrected chi connectivity index (χ0v) is 15.9. The first-order chi connectivity index (χ1) is 11.4. The van der Waals surface area contributed by atoms with Crippen LogP contribution in [-0.2, 0) is 11.3 Å². The van der Waals surface area contributed by atoms with Crippen LogP contribution in [0, 0.1) is 0 Å². The van der Waals surface area contributed by atoms with E-state index in [1.807, 2.05) is 43.0 Å². The van der Waals surface area contributed by atoms with Gasteiger partial charge in [0.2, 0.25) is 0 Å². The van der Waals surface area contributed by atoms with Crippen LogP contribution in [0.25, 0.3) is 0 Å². The van der Waals surface area contributed by atoms with Crippen LogP contribution in [0.4, 0.5) is 10.5 Å². The van der Waals surface area contributed by atoms with E-state index in [1.165, 1.54) is 7.11 Å². The largest absolute Gasteiger partial charge is 0.453 e. The molecular weight excluding hydrogens is 324 g/mol. The van der Waals surface area contributed by atoms with Crippen molar-refractivity contribution in [2.24, 2.45) is 4.99 Å². The zero-order chi connectivity index (χ0) is 18.0. The molecule has 0 atom stereocenters. The van der Waals surface area contributed by atoms with Crippen LogP contribution in [0.1, 0.15) is 26.3 Å². The smallest absolute Gasteiger partial charge is 0.411 e. The van der Waals surface area contributed by atoms with Crippen LogP contribution < -0.4 is 16.0 Å². The summed E-state index contributed by atoms with van der Waals surface area (Å²) in [4.78, 5) is 15.8. The second-order valence-electron chi connectivity index (χ2n) is 5.83. The summed E-state index contributed by atoms with van der Waals surface area (Å²) in [7, 11) is 1.34. The molecule has 0 aliphatic rings. The van der Waals surface area contributed by atoms with Gasteiger partial charge in [0.1, 0.15) is 0 Å². The second kappa shape index (κ2) is 10.1. The molecule has 134 valence electrons. The van der Waals surface area contributed by atoms with E-state index in [9.17, 15) is 4.79 Å². The summed E-state index contributed by atoms with van der Waals surface area (Å²) < 4.78 is 4.71. The Morgan fingerprint density at radius 3 is 2.46 bits per heavy atom. The fourth-order valence-corrected chi connectivity index (χ4v) is 1.96. The third-order valence-electron chi connectivity index (χ3n) is 3.38. The average molecular weight is 353 g/mol. The van der Waals surface area contributed by atoms with Crippen LogP contribution in [0.15, 0.2) is 29.3 Å². The zero-order valence-electron chi connectivity index (χ0n) is 15.1. The standard InChI is InChI=1S/C17H28N4O2S/c1-6-18-15(20-12-17(2,3)24-5)19-11-13-7-9-14(10-8-13)21-16(22)23-4/h7-10H,6,11-12H2,1-5H3,(H,21,22)(H2,18,19,20). The first-order valence-electron chi connectivity index (χ1n) is 7.91. The van der Waals surface area contributed by atoms with Crippen molar-refractivity contribution in [2.45, 2.75) is 32.1 Å². The molecule has 0 heterocycles. The quantitative estimate of drug-likeness (QED) is 0.519. The van der Waals surface area contributed by atoms with Crippen molar-refractivity contribution in [3.8, 4) is 0 Å². The van der Waals surface area contributed by atoms with Crippen molar-refractivity contribution in [1.82, 2.24) is 10.6 Å². The number of ether oxygens (including phenoxy) is 1. The van der Waals surface area contributed by atoms with Crippen LogP contribution in [0.2, 0.25) is 0 Å². The lowest BCUT2D eigenvalue weighted by Gasteiger charge is -2.23. The Morgan fingerprint density at radius 1 is 1.25 bits per heavy atom. The number of guanidine groups is 1. The Hall–Kier alpha value is -1.89. The minimum absolute atomic E-state index is 0.150. The number of thioether (sulfide) groups is 1. The van der Waals surface area contributed by atoms with Gasteiger partial charge in [0, 0.05) is 23.5 Å². The molecular formula is C17H28N4O2S. The third kappa shape index (κ3) is 7.59. The van der Waals surface area contributed by atoms with E-state index in [2.05, 4.69) is 45.8 Å². The number of carbonyl (C=O) groups excluding carboxylic acids is 1. The number of benzene rings is 1. The summed E-state index contributed by atoms with van der Waals surface area (Å²) in [6.45, 7) is 8.65. The second-order valence-corrected chi connectivity index (χ2v) is 7.34. The van der Waals surface area contributed by atoms with Gasteiger partial charge in [0.15, 0.2) is 5.96 Å². The third-order valence-corrected chi connectivity index (χ3v) is 4.63. The molecule has 3 N–H and O–H groups in total. The topological polar surface area (TPSA) is 74.8 Å². The maximum Gasteiger partial charge on any atom is 0.411 e. The Labute approximate surface area is 148 Å². The summed E-state index contributed by atoms with van der Waals surface area (Å²) in [5, 5.41) is 9.25. The molecule has 1 amide bonds. The molecule has 0 unspecified atom stereocenters. The lowest BCUT2D eigenvalue weighted by molar-refractivity contribution is 0.187. The van der Waals surface area contributed by atoms with Crippen molar-refractivity contribution < 1.29 is 9.53 Å². The molecule has 0 spiro atoms. The fraction of sp³-hybridized carbons (Fsp3) is 0.529. The van der Waals surface area contributed by atoms with E-state index >= 15 is 0 Å². The highest BCUT2D eigenvalue weighted by Crippen LogP contribution is 2.19. The summed E-state index contributed by atoms with van der Waals surface area (Å²) in [6.07, 6.45) is 1.63.